The summed E-state index contributed by atoms with van der Waals surface area (Å²) >= 11 is 2.07. The van der Waals surface area contributed by atoms with Gasteiger partial charge in [0.25, 0.3) is 5.91 Å². The number of nitrogens with one attached hydrogen (secondary N) is 1. The second-order valence-corrected chi connectivity index (χ2v) is 7.51. The smallest absolute Gasteiger partial charge is 0.271 e. The summed E-state index contributed by atoms with van der Waals surface area (Å²) in [6, 6.07) is 25.5. The molecule has 29 heavy (non-hydrogen) atoms. The molecule has 0 saturated heterocycles. The van der Waals surface area contributed by atoms with E-state index >= 15 is 0 Å². The van der Waals surface area contributed by atoms with Gasteiger partial charge in [-0.3, -0.25) is 4.79 Å². The molecule has 0 aliphatic heterocycles. The van der Waals surface area contributed by atoms with Gasteiger partial charge in [-0.15, -0.1) is 0 Å². The van der Waals surface area contributed by atoms with Gasteiger partial charge in [0.1, 0.15) is 5.76 Å². The molecule has 0 spiro atoms. The number of rotatable bonds is 5. The topological polar surface area (TPSA) is 59.5 Å². The molecule has 0 radical (unpaired) electrons. The SMILES string of the molecule is Cc1ccc(-c2ccccc2)n1-c1ccc(C(=O)N/N=C/c2ccc(I)o2)cc1. The number of halogens is 1. The zero-order valence-corrected chi connectivity index (χ0v) is 17.8. The highest BCUT2D eigenvalue weighted by molar-refractivity contribution is 14.1. The molecule has 144 valence electrons. The molecule has 2 aromatic heterocycles. The van der Waals surface area contributed by atoms with E-state index in [0.717, 1.165) is 26.4 Å². The van der Waals surface area contributed by atoms with Crippen molar-refractivity contribution in [2.24, 2.45) is 5.10 Å². The number of carbonyl (C=O) groups excluding carboxylic acids is 1. The van der Waals surface area contributed by atoms with Crippen LogP contribution in [0.2, 0.25) is 0 Å². The first-order valence-corrected chi connectivity index (χ1v) is 10.1. The molecule has 0 fully saturated rings. The van der Waals surface area contributed by atoms with Crippen LogP contribution in [0, 0.1) is 10.7 Å². The highest BCUT2D eigenvalue weighted by Gasteiger charge is 2.10. The van der Waals surface area contributed by atoms with E-state index in [2.05, 4.69) is 68.9 Å². The van der Waals surface area contributed by atoms with E-state index < -0.39 is 0 Å². The van der Waals surface area contributed by atoms with Gasteiger partial charge in [0, 0.05) is 16.9 Å². The molecule has 2 aromatic carbocycles. The van der Waals surface area contributed by atoms with Crippen LogP contribution in [-0.2, 0) is 0 Å². The molecule has 1 amide bonds. The maximum absolute atomic E-state index is 12.3. The van der Waals surface area contributed by atoms with Gasteiger partial charge in [-0.1, -0.05) is 30.3 Å². The minimum Gasteiger partial charge on any atom is -0.449 e. The Bertz CT molecular complexity index is 1160. The molecule has 5 nitrogen and oxygen atoms in total. The summed E-state index contributed by atoms with van der Waals surface area (Å²) < 4.78 is 8.31. The van der Waals surface area contributed by atoms with Crippen LogP contribution in [-0.4, -0.2) is 16.7 Å². The van der Waals surface area contributed by atoms with Crippen LogP contribution < -0.4 is 5.43 Å². The molecule has 0 saturated carbocycles. The first kappa shape index (κ1) is 19.2. The van der Waals surface area contributed by atoms with E-state index in [1.54, 1.807) is 18.2 Å². The monoisotopic (exact) mass is 495 g/mol. The van der Waals surface area contributed by atoms with E-state index in [0.29, 0.717) is 11.3 Å². The molecular formula is C23H18IN3O2. The lowest BCUT2D eigenvalue weighted by Gasteiger charge is -2.12. The second kappa shape index (κ2) is 8.48. The average molecular weight is 495 g/mol. The summed E-state index contributed by atoms with van der Waals surface area (Å²) in [7, 11) is 0. The van der Waals surface area contributed by atoms with Crippen molar-refractivity contribution in [3.63, 3.8) is 0 Å². The second-order valence-electron chi connectivity index (χ2n) is 6.45. The van der Waals surface area contributed by atoms with Crippen LogP contribution in [0.3, 0.4) is 0 Å². The summed E-state index contributed by atoms with van der Waals surface area (Å²) in [6.45, 7) is 2.07. The lowest BCUT2D eigenvalue weighted by molar-refractivity contribution is 0.0955. The van der Waals surface area contributed by atoms with Crippen LogP contribution in [0.25, 0.3) is 16.9 Å². The Kier molecular flexibility index (Phi) is 5.62. The number of aromatic nitrogens is 1. The van der Waals surface area contributed by atoms with E-state index in [1.807, 2.05) is 36.4 Å². The summed E-state index contributed by atoms with van der Waals surface area (Å²) in [6.07, 6.45) is 1.48. The first-order valence-electron chi connectivity index (χ1n) is 9.05. The third-order valence-electron chi connectivity index (χ3n) is 4.49. The number of hydrogen-bond donors (Lipinski definition) is 1. The molecular weight excluding hydrogens is 477 g/mol. The van der Waals surface area contributed by atoms with Gasteiger partial charge in [-0.05, 0) is 83.6 Å². The summed E-state index contributed by atoms with van der Waals surface area (Å²) in [5, 5.41) is 3.94. The Labute approximate surface area is 182 Å². The molecule has 0 bridgehead atoms. The average Bonchev–Trinajstić information content (AvgIpc) is 3.34. The molecule has 4 rings (SSSR count). The molecule has 0 unspecified atom stereocenters. The number of aryl methyl sites for hydroxylation is 1. The van der Waals surface area contributed by atoms with Crippen molar-refractivity contribution in [1.82, 2.24) is 9.99 Å². The third kappa shape index (κ3) is 4.32. The number of hydrazone groups is 1. The Hall–Kier alpha value is -3.13. The lowest BCUT2D eigenvalue weighted by atomic mass is 10.1. The molecule has 4 aromatic rings. The molecule has 0 aliphatic carbocycles. The van der Waals surface area contributed by atoms with Crippen LogP contribution >= 0.6 is 22.6 Å². The van der Waals surface area contributed by atoms with Crippen molar-refractivity contribution in [1.29, 1.82) is 0 Å². The van der Waals surface area contributed by atoms with Gasteiger partial charge < -0.3 is 8.98 Å². The molecule has 6 heteroatoms. The summed E-state index contributed by atoms with van der Waals surface area (Å²) in [4.78, 5) is 12.3. The van der Waals surface area contributed by atoms with Gasteiger partial charge >= 0.3 is 0 Å². The molecule has 0 aliphatic rings. The fourth-order valence-corrected chi connectivity index (χ4v) is 3.53. The van der Waals surface area contributed by atoms with Crippen molar-refractivity contribution >= 4 is 34.7 Å². The largest absolute Gasteiger partial charge is 0.449 e. The number of amides is 1. The summed E-state index contributed by atoms with van der Waals surface area (Å²) in [5.74, 6) is 0.308. The third-order valence-corrected chi connectivity index (χ3v) is 5.06. The van der Waals surface area contributed by atoms with Crippen LogP contribution in [0.4, 0.5) is 0 Å². The van der Waals surface area contributed by atoms with E-state index in [9.17, 15) is 4.79 Å². The van der Waals surface area contributed by atoms with Crippen LogP contribution in [0.15, 0.2) is 88.4 Å². The van der Waals surface area contributed by atoms with E-state index in [1.165, 1.54) is 6.21 Å². The molecule has 1 N–H and O–H groups in total. The number of carbonyl (C=O) groups is 1. The van der Waals surface area contributed by atoms with E-state index in [-0.39, 0.29) is 5.91 Å². The zero-order valence-electron chi connectivity index (χ0n) is 15.7. The summed E-state index contributed by atoms with van der Waals surface area (Å²) in [5.41, 5.74) is 7.43. The highest BCUT2D eigenvalue weighted by Crippen LogP contribution is 2.26. The Morgan fingerprint density at radius 1 is 1.00 bits per heavy atom. The number of benzene rings is 2. The fourth-order valence-electron chi connectivity index (χ4n) is 3.09. The van der Waals surface area contributed by atoms with Crippen LogP contribution in [0.1, 0.15) is 21.8 Å². The maximum Gasteiger partial charge on any atom is 0.271 e. The van der Waals surface area contributed by atoms with Gasteiger partial charge in [0.05, 0.1) is 11.9 Å². The number of furan rings is 1. The Balaban J connectivity index is 1.52. The van der Waals surface area contributed by atoms with Crippen molar-refractivity contribution in [3.8, 4) is 16.9 Å². The van der Waals surface area contributed by atoms with Crippen molar-refractivity contribution in [2.75, 3.05) is 0 Å². The van der Waals surface area contributed by atoms with Gasteiger partial charge in [-0.2, -0.15) is 5.10 Å². The predicted octanol–water partition coefficient (Wildman–Crippen LogP) is 5.41. The predicted molar refractivity (Wildman–Crippen MR) is 122 cm³/mol. The van der Waals surface area contributed by atoms with Crippen molar-refractivity contribution in [2.45, 2.75) is 6.92 Å². The van der Waals surface area contributed by atoms with E-state index in [4.69, 9.17) is 4.42 Å². The Morgan fingerprint density at radius 2 is 1.76 bits per heavy atom. The van der Waals surface area contributed by atoms with Gasteiger partial charge in [0.15, 0.2) is 3.77 Å². The number of hydrogen-bond acceptors (Lipinski definition) is 3. The lowest BCUT2D eigenvalue weighted by Crippen LogP contribution is -2.17. The molecule has 2 heterocycles. The van der Waals surface area contributed by atoms with Crippen molar-refractivity contribution in [3.05, 3.63) is 99.6 Å². The minimum absolute atomic E-state index is 0.276. The quantitative estimate of drug-likeness (QED) is 0.229. The maximum atomic E-state index is 12.3. The first-order chi connectivity index (χ1) is 14.1. The van der Waals surface area contributed by atoms with Crippen molar-refractivity contribution < 1.29 is 9.21 Å². The molecule has 0 atom stereocenters. The van der Waals surface area contributed by atoms with Gasteiger partial charge in [0.2, 0.25) is 0 Å². The standard InChI is InChI=1S/C23H18IN3O2/c1-16-7-13-21(17-5-3-2-4-6-17)27(16)19-10-8-18(9-11-19)23(28)26-25-15-20-12-14-22(24)29-20/h2-15H,1H3,(H,26,28)/b25-15+. The minimum atomic E-state index is -0.276. The fraction of sp³-hybridized carbons (Fsp3) is 0.0435. The van der Waals surface area contributed by atoms with Crippen LogP contribution in [0.5, 0.6) is 0 Å². The Morgan fingerprint density at radius 3 is 2.45 bits per heavy atom. The number of nitrogens with zero attached hydrogens (tertiary/aromatic N) is 2. The zero-order chi connectivity index (χ0) is 20.2. The van der Waals surface area contributed by atoms with Gasteiger partial charge in [-0.25, -0.2) is 5.43 Å². The highest BCUT2D eigenvalue weighted by atomic mass is 127. The normalized spacial score (nSPS) is 11.1.